The van der Waals surface area contributed by atoms with Crippen molar-refractivity contribution in [3.05, 3.63) is 28.3 Å². The summed E-state index contributed by atoms with van der Waals surface area (Å²) in [5.41, 5.74) is 0.654. The van der Waals surface area contributed by atoms with E-state index in [9.17, 15) is 39.0 Å². The van der Waals surface area contributed by atoms with Crippen molar-refractivity contribution in [2.75, 3.05) is 14.1 Å². The number of amides is 1. The predicted molar refractivity (Wildman–Crippen MR) is 130 cm³/mol. The summed E-state index contributed by atoms with van der Waals surface area (Å²) in [7, 11) is 3.08. The minimum Gasteiger partial charge on any atom is -0.506 e. The van der Waals surface area contributed by atoms with Crippen LogP contribution in [0.25, 0.3) is 0 Å². The van der Waals surface area contributed by atoms with Crippen molar-refractivity contribution in [3.8, 4) is 5.75 Å². The molecule has 4 rings (SSSR count). The molecule has 2 unspecified atom stereocenters. The Bertz CT molecular complexity index is 1320. The van der Waals surface area contributed by atoms with E-state index in [-0.39, 0.29) is 24.0 Å². The van der Waals surface area contributed by atoms with Gasteiger partial charge in [0.15, 0.2) is 40.4 Å². The second-order valence-electron chi connectivity index (χ2n) is 11.5. The maximum atomic E-state index is 14.2. The zero-order valence-electron chi connectivity index (χ0n) is 21.8. The number of fused-ring (bicyclic) bond motifs is 3. The van der Waals surface area contributed by atoms with E-state index in [1.165, 1.54) is 18.7 Å². The Labute approximate surface area is 214 Å². The summed E-state index contributed by atoms with van der Waals surface area (Å²) < 4.78 is 0. The summed E-state index contributed by atoms with van der Waals surface area (Å²) in [6.45, 7) is 6.24. The Morgan fingerprint density at radius 1 is 1.14 bits per heavy atom. The number of nitrogens with two attached hydrogens (primary N) is 1. The van der Waals surface area contributed by atoms with Crippen molar-refractivity contribution in [3.63, 3.8) is 0 Å². The van der Waals surface area contributed by atoms with E-state index in [0.717, 1.165) is 0 Å². The smallest absolute Gasteiger partial charge is 0.235 e. The van der Waals surface area contributed by atoms with Crippen LogP contribution >= 0.6 is 0 Å². The molecule has 3 aliphatic rings. The van der Waals surface area contributed by atoms with Gasteiger partial charge in [0.05, 0.1) is 23.1 Å². The van der Waals surface area contributed by atoms with E-state index in [4.69, 9.17) is 5.73 Å². The fourth-order valence-electron chi connectivity index (χ4n) is 7.44. The lowest BCUT2D eigenvalue weighted by Crippen LogP contribution is -2.79. The number of hydrogen-bond acceptors (Lipinski definition) is 9. The highest BCUT2D eigenvalue weighted by Gasteiger charge is 2.76. The van der Waals surface area contributed by atoms with Gasteiger partial charge in [-0.3, -0.25) is 33.7 Å². The number of primary amides is 1. The van der Waals surface area contributed by atoms with Crippen molar-refractivity contribution >= 4 is 34.8 Å². The lowest BCUT2D eigenvalue weighted by Gasteiger charge is -2.61. The molecule has 0 bridgehead atoms. The summed E-state index contributed by atoms with van der Waals surface area (Å²) in [6.07, 6.45) is 0.499. The third-order valence-electron chi connectivity index (χ3n) is 8.84. The van der Waals surface area contributed by atoms with Crippen LogP contribution in [-0.4, -0.2) is 75.7 Å². The fraction of sp³-hybridized carbons (Fsp3) is 0.556. The van der Waals surface area contributed by atoms with E-state index < -0.39 is 74.9 Å². The van der Waals surface area contributed by atoms with Gasteiger partial charge >= 0.3 is 0 Å². The van der Waals surface area contributed by atoms with E-state index in [2.05, 4.69) is 0 Å². The average Bonchev–Trinajstić information content (AvgIpc) is 2.75. The summed E-state index contributed by atoms with van der Waals surface area (Å²) in [5.74, 6) is -9.93. The molecule has 1 aromatic carbocycles. The molecule has 0 spiro atoms. The fourth-order valence-corrected chi connectivity index (χ4v) is 7.44. The van der Waals surface area contributed by atoms with E-state index in [1.807, 2.05) is 6.92 Å². The summed E-state index contributed by atoms with van der Waals surface area (Å²) in [6, 6.07) is 0.328. The number of likely N-dealkylation sites (N-methyl/N-ethyl adjacent to an activating group) is 1. The van der Waals surface area contributed by atoms with Crippen LogP contribution in [0.4, 0.5) is 0 Å². The molecule has 37 heavy (non-hydrogen) atoms. The highest BCUT2D eigenvalue weighted by atomic mass is 16.3. The topological polar surface area (TPSA) is 172 Å². The number of carbonyl (C=O) groups is 6. The third kappa shape index (κ3) is 3.18. The second-order valence-corrected chi connectivity index (χ2v) is 11.5. The Hall–Kier alpha value is -3.24. The molecule has 2 fully saturated rings. The SMILES string of the molecule is CCc1cc(C(C)=O)c(O)c2c1C[C@@]1(C)C[C@@]3(C)[C@H](N(C)C)C(=O)C(C(N)=O)C(=O)[C@@]3(O)C(=O)C1C2=O. The largest absolute Gasteiger partial charge is 0.506 e. The predicted octanol–water partition coefficient (Wildman–Crippen LogP) is 0.412. The number of ketones is 5. The van der Waals surface area contributed by atoms with Gasteiger partial charge in [-0.15, -0.1) is 0 Å². The van der Waals surface area contributed by atoms with E-state index >= 15 is 0 Å². The average molecular weight is 513 g/mol. The molecule has 0 radical (unpaired) electrons. The Balaban J connectivity index is 2.02. The highest BCUT2D eigenvalue weighted by Crippen LogP contribution is 2.62. The Morgan fingerprint density at radius 2 is 1.73 bits per heavy atom. The highest BCUT2D eigenvalue weighted by molar-refractivity contribution is 6.33. The Kier molecular flexibility index (Phi) is 5.89. The van der Waals surface area contributed by atoms with Crippen LogP contribution in [-0.2, 0) is 32.0 Å². The molecule has 3 aliphatic carbocycles. The van der Waals surface area contributed by atoms with Gasteiger partial charge in [0.1, 0.15) is 5.75 Å². The quantitative estimate of drug-likeness (QED) is 0.382. The first-order chi connectivity index (χ1) is 17.0. The van der Waals surface area contributed by atoms with Crippen LogP contribution in [0.5, 0.6) is 5.75 Å². The second kappa shape index (κ2) is 8.13. The lowest BCUT2D eigenvalue weighted by molar-refractivity contribution is -0.203. The van der Waals surface area contributed by atoms with Gasteiger partial charge in [-0.25, -0.2) is 0 Å². The standard InChI is InChI=1S/C27H32N2O8/c1-7-12-8-13(11(2)30)18(31)15-14(12)9-25(3)10-26(4)21(29(5)6)20(33)16(24(28)36)22(34)27(26,37)23(35)17(25)19(15)32/h8,16-17,21,31,37H,7,9-10H2,1-6H3,(H2,28,36)/t16?,17?,21-,25+,26+,27-/m1/s1. The molecule has 1 amide bonds. The van der Waals surface area contributed by atoms with Crippen molar-refractivity contribution in [2.45, 2.75) is 58.6 Å². The number of phenolic OH excluding ortho intramolecular Hbond substituents is 1. The zero-order chi connectivity index (χ0) is 28.0. The van der Waals surface area contributed by atoms with Crippen LogP contribution < -0.4 is 5.73 Å². The van der Waals surface area contributed by atoms with Gasteiger partial charge in [0, 0.05) is 5.41 Å². The summed E-state index contributed by atoms with van der Waals surface area (Å²) >= 11 is 0. The van der Waals surface area contributed by atoms with E-state index in [1.54, 1.807) is 27.1 Å². The van der Waals surface area contributed by atoms with Gasteiger partial charge in [0.25, 0.3) is 0 Å². The van der Waals surface area contributed by atoms with Crippen molar-refractivity contribution in [1.29, 1.82) is 0 Å². The number of nitrogens with zero attached hydrogens (tertiary/aromatic N) is 1. The molecule has 2 saturated carbocycles. The first-order valence-electron chi connectivity index (χ1n) is 12.2. The third-order valence-corrected chi connectivity index (χ3v) is 8.84. The number of aliphatic hydroxyl groups is 1. The minimum absolute atomic E-state index is 0.0554. The van der Waals surface area contributed by atoms with E-state index in [0.29, 0.717) is 17.5 Å². The number of carbonyl (C=O) groups excluding carboxylic acids is 6. The number of hydrogen-bond donors (Lipinski definition) is 3. The molecule has 1 aromatic rings. The van der Waals surface area contributed by atoms with Crippen LogP contribution in [0, 0.1) is 22.7 Å². The molecule has 4 N–H and O–H groups in total. The van der Waals surface area contributed by atoms with Gasteiger partial charge < -0.3 is 15.9 Å². The molecule has 0 heterocycles. The molecular weight excluding hydrogens is 480 g/mol. The summed E-state index contributed by atoms with van der Waals surface area (Å²) in [5, 5.41) is 22.8. The first-order valence-corrected chi connectivity index (χ1v) is 12.2. The monoisotopic (exact) mass is 512 g/mol. The molecular formula is C27H32N2O8. The maximum absolute atomic E-state index is 14.2. The molecule has 6 atom stereocenters. The zero-order valence-corrected chi connectivity index (χ0v) is 21.8. The number of rotatable bonds is 4. The number of phenols is 1. The van der Waals surface area contributed by atoms with Crippen molar-refractivity contribution in [2.24, 2.45) is 28.4 Å². The number of aromatic hydroxyl groups is 1. The van der Waals surface area contributed by atoms with Crippen LogP contribution in [0.2, 0.25) is 0 Å². The van der Waals surface area contributed by atoms with Gasteiger partial charge in [-0.05, 0) is 62.9 Å². The minimum atomic E-state index is -2.85. The molecule has 198 valence electrons. The molecule has 0 saturated heterocycles. The van der Waals surface area contributed by atoms with Gasteiger partial charge in [-0.1, -0.05) is 20.8 Å². The number of benzene rings is 1. The normalized spacial score (nSPS) is 35.2. The lowest BCUT2D eigenvalue weighted by atomic mass is 9.42. The number of aryl methyl sites for hydroxylation is 1. The molecule has 0 aromatic heterocycles. The molecule has 0 aliphatic heterocycles. The van der Waals surface area contributed by atoms with Crippen LogP contribution in [0.15, 0.2) is 6.07 Å². The van der Waals surface area contributed by atoms with Gasteiger partial charge in [-0.2, -0.15) is 0 Å². The van der Waals surface area contributed by atoms with Crippen LogP contribution in [0.1, 0.15) is 66.0 Å². The molecule has 10 heteroatoms. The van der Waals surface area contributed by atoms with Crippen molar-refractivity contribution in [1.82, 2.24) is 4.90 Å². The number of Topliss-reactive ketones (excluding diaryl/α,β-unsaturated/α-hetero) is 5. The maximum Gasteiger partial charge on any atom is 0.235 e. The Morgan fingerprint density at radius 3 is 2.22 bits per heavy atom. The van der Waals surface area contributed by atoms with Crippen LogP contribution in [0.3, 0.4) is 0 Å². The molecule has 10 nitrogen and oxygen atoms in total. The van der Waals surface area contributed by atoms with Crippen molar-refractivity contribution < 1.29 is 39.0 Å². The first kappa shape index (κ1) is 26.8. The van der Waals surface area contributed by atoms with Gasteiger partial charge in [0.2, 0.25) is 5.91 Å². The summed E-state index contributed by atoms with van der Waals surface area (Å²) in [4.78, 5) is 80.9.